The van der Waals surface area contributed by atoms with Gasteiger partial charge in [0.25, 0.3) is 5.56 Å². The number of H-pyrrole nitrogens is 1. The molecular weight excluding hydrogens is 299 g/mol. The highest BCUT2D eigenvalue weighted by atomic mass is 19.1. The molecule has 0 amide bonds. The molecule has 1 atom stereocenters. The molecule has 0 radical (unpaired) electrons. The summed E-state index contributed by atoms with van der Waals surface area (Å²) in [4.78, 5) is 30.9. The number of carbonyl (C=O) groups excluding carboxylic acids is 1. The first-order chi connectivity index (χ1) is 11.1. The van der Waals surface area contributed by atoms with Crippen LogP contribution in [0.1, 0.15) is 29.2 Å². The van der Waals surface area contributed by atoms with Gasteiger partial charge in [-0.3, -0.25) is 4.79 Å². The number of aromatic nitrogens is 2. The number of hydrogen-bond donors (Lipinski definition) is 1. The average molecular weight is 312 g/mol. The zero-order valence-electron chi connectivity index (χ0n) is 12.2. The predicted molar refractivity (Wildman–Crippen MR) is 82.6 cm³/mol. The van der Waals surface area contributed by atoms with Crippen LogP contribution in [0.15, 0.2) is 53.3 Å². The first-order valence-electron chi connectivity index (χ1n) is 7.00. The van der Waals surface area contributed by atoms with E-state index in [1.54, 1.807) is 37.3 Å². The SMILES string of the molecule is C[C@@H](OC(=O)c1ccccc1F)c1nc2ccccc2c(=O)[nH]1. The van der Waals surface area contributed by atoms with Gasteiger partial charge in [0, 0.05) is 0 Å². The molecule has 0 aliphatic rings. The molecule has 5 nitrogen and oxygen atoms in total. The van der Waals surface area contributed by atoms with Crippen LogP contribution in [-0.2, 0) is 4.74 Å². The fourth-order valence-corrected chi connectivity index (χ4v) is 2.20. The maximum Gasteiger partial charge on any atom is 0.341 e. The molecule has 2 aromatic carbocycles. The lowest BCUT2D eigenvalue weighted by molar-refractivity contribution is 0.0314. The van der Waals surface area contributed by atoms with E-state index in [2.05, 4.69) is 9.97 Å². The lowest BCUT2D eigenvalue weighted by Gasteiger charge is -2.13. The van der Waals surface area contributed by atoms with Crippen molar-refractivity contribution in [2.45, 2.75) is 13.0 Å². The lowest BCUT2D eigenvalue weighted by Crippen LogP contribution is -2.18. The summed E-state index contributed by atoms with van der Waals surface area (Å²) in [5.41, 5.74) is 0.0157. The number of carbonyl (C=O) groups is 1. The molecule has 1 aromatic heterocycles. The summed E-state index contributed by atoms with van der Waals surface area (Å²) in [6, 6.07) is 12.4. The van der Waals surface area contributed by atoms with Gasteiger partial charge in [0.15, 0.2) is 11.9 Å². The summed E-state index contributed by atoms with van der Waals surface area (Å²) in [7, 11) is 0. The molecule has 23 heavy (non-hydrogen) atoms. The van der Waals surface area contributed by atoms with Crippen LogP contribution in [0.25, 0.3) is 10.9 Å². The Kier molecular flexibility index (Phi) is 3.89. The minimum absolute atomic E-state index is 0.164. The summed E-state index contributed by atoms with van der Waals surface area (Å²) in [5, 5.41) is 0.448. The number of fused-ring (bicyclic) bond motifs is 1. The van der Waals surface area contributed by atoms with E-state index in [4.69, 9.17) is 4.74 Å². The van der Waals surface area contributed by atoms with Gasteiger partial charge in [-0.25, -0.2) is 14.2 Å². The van der Waals surface area contributed by atoms with E-state index in [1.165, 1.54) is 18.2 Å². The summed E-state index contributed by atoms with van der Waals surface area (Å²) in [5.74, 6) is -1.27. The van der Waals surface area contributed by atoms with Crippen molar-refractivity contribution in [1.29, 1.82) is 0 Å². The van der Waals surface area contributed by atoms with Crippen LogP contribution in [0.3, 0.4) is 0 Å². The normalized spacial score (nSPS) is 12.1. The molecule has 1 heterocycles. The van der Waals surface area contributed by atoms with Crippen molar-refractivity contribution in [2.75, 3.05) is 0 Å². The molecule has 3 rings (SSSR count). The van der Waals surface area contributed by atoms with Crippen molar-refractivity contribution in [3.63, 3.8) is 0 Å². The van der Waals surface area contributed by atoms with Crippen LogP contribution in [0.4, 0.5) is 4.39 Å². The van der Waals surface area contributed by atoms with Crippen LogP contribution in [-0.4, -0.2) is 15.9 Å². The monoisotopic (exact) mass is 312 g/mol. The number of rotatable bonds is 3. The summed E-state index contributed by atoms with van der Waals surface area (Å²) < 4.78 is 18.8. The van der Waals surface area contributed by atoms with Gasteiger partial charge in [-0.15, -0.1) is 0 Å². The first-order valence-corrected chi connectivity index (χ1v) is 7.00. The highest BCUT2D eigenvalue weighted by molar-refractivity contribution is 5.89. The third-order valence-corrected chi connectivity index (χ3v) is 3.39. The Morgan fingerprint density at radius 2 is 1.87 bits per heavy atom. The Labute approximate surface area is 130 Å². The number of hydrogen-bond acceptors (Lipinski definition) is 4. The fourth-order valence-electron chi connectivity index (χ4n) is 2.20. The molecule has 0 spiro atoms. The van der Waals surface area contributed by atoms with E-state index in [9.17, 15) is 14.0 Å². The number of esters is 1. The van der Waals surface area contributed by atoms with Crippen LogP contribution in [0.5, 0.6) is 0 Å². The third-order valence-electron chi connectivity index (χ3n) is 3.39. The van der Waals surface area contributed by atoms with E-state index in [0.717, 1.165) is 0 Å². The van der Waals surface area contributed by atoms with E-state index < -0.39 is 17.9 Å². The molecular formula is C17H13FN2O3. The van der Waals surface area contributed by atoms with Gasteiger partial charge in [0.2, 0.25) is 0 Å². The summed E-state index contributed by atoms with van der Waals surface area (Å²) in [6.45, 7) is 1.56. The van der Waals surface area contributed by atoms with Gasteiger partial charge in [-0.2, -0.15) is 0 Å². The standard InChI is InChI=1S/C17H13FN2O3/c1-10(23-17(22)11-6-2-4-8-13(11)18)15-19-14-9-5-3-7-12(14)16(21)20-15/h2-10H,1H3,(H,19,20,21)/t10-/m1/s1. The highest BCUT2D eigenvalue weighted by Crippen LogP contribution is 2.17. The Morgan fingerprint density at radius 1 is 1.17 bits per heavy atom. The van der Waals surface area contributed by atoms with Crippen molar-refractivity contribution in [1.82, 2.24) is 9.97 Å². The molecule has 1 N–H and O–H groups in total. The fraction of sp³-hybridized carbons (Fsp3) is 0.118. The molecule has 0 aliphatic heterocycles. The molecule has 116 valence electrons. The van der Waals surface area contributed by atoms with E-state index in [-0.39, 0.29) is 16.9 Å². The maximum atomic E-state index is 13.6. The number of nitrogens with one attached hydrogen (secondary N) is 1. The predicted octanol–water partition coefficient (Wildman–Crippen LogP) is 2.98. The molecule has 0 fully saturated rings. The van der Waals surface area contributed by atoms with Gasteiger partial charge in [-0.1, -0.05) is 24.3 Å². The zero-order valence-corrected chi connectivity index (χ0v) is 12.2. The molecule has 0 bridgehead atoms. The number of aromatic amines is 1. The Bertz CT molecular complexity index is 936. The second-order valence-corrected chi connectivity index (χ2v) is 5.00. The van der Waals surface area contributed by atoms with Crippen molar-refractivity contribution < 1.29 is 13.9 Å². The number of para-hydroxylation sites is 1. The molecule has 0 saturated carbocycles. The molecule has 0 aliphatic carbocycles. The topological polar surface area (TPSA) is 72.0 Å². The van der Waals surface area contributed by atoms with Gasteiger partial charge in [0.05, 0.1) is 16.5 Å². The Balaban J connectivity index is 1.89. The second-order valence-electron chi connectivity index (χ2n) is 5.00. The van der Waals surface area contributed by atoms with Crippen molar-refractivity contribution in [2.24, 2.45) is 0 Å². The molecule has 0 saturated heterocycles. The average Bonchev–Trinajstić information content (AvgIpc) is 2.55. The third kappa shape index (κ3) is 2.96. The van der Waals surface area contributed by atoms with E-state index in [1.807, 2.05) is 0 Å². The Morgan fingerprint density at radius 3 is 2.65 bits per heavy atom. The van der Waals surface area contributed by atoms with Crippen molar-refractivity contribution >= 4 is 16.9 Å². The minimum Gasteiger partial charge on any atom is -0.451 e. The number of benzene rings is 2. The quantitative estimate of drug-likeness (QED) is 0.755. The number of nitrogens with zero attached hydrogens (tertiary/aromatic N) is 1. The Hall–Kier alpha value is -3.02. The van der Waals surface area contributed by atoms with Gasteiger partial charge in [-0.05, 0) is 31.2 Å². The molecule has 0 unspecified atom stereocenters. The van der Waals surface area contributed by atoms with Crippen LogP contribution >= 0.6 is 0 Å². The maximum absolute atomic E-state index is 13.6. The second kappa shape index (κ2) is 6.00. The minimum atomic E-state index is -0.820. The molecule has 3 aromatic rings. The largest absolute Gasteiger partial charge is 0.451 e. The van der Waals surface area contributed by atoms with E-state index in [0.29, 0.717) is 10.9 Å². The van der Waals surface area contributed by atoms with Crippen molar-refractivity contribution in [3.8, 4) is 0 Å². The zero-order chi connectivity index (χ0) is 16.4. The van der Waals surface area contributed by atoms with Crippen LogP contribution < -0.4 is 5.56 Å². The van der Waals surface area contributed by atoms with Crippen LogP contribution in [0.2, 0.25) is 0 Å². The number of ether oxygens (including phenoxy) is 1. The van der Waals surface area contributed by atoms with Gasteiger partial charge < -0.3 is 9.72 Å². The first kappa shape index (κ1) is 14.9. The van der Waals surface area contributed by atoms with Gasteiger partial charge >= 0.3 is 5.97 Å². The summed E-state index contributed by atoms with van der Waals surface area (Å²) >= 11 is 0. The van der Waals surface area contributed by atoms with E-state index >= 15 is 0 Å². The lowest BCUT2D eigenvalue weighted by atomic mass is 10.2. The number of halogens is 1. The molecule has 6 heteroatoms. The van der Waals surface area contributed by atoms with Crippen molar-refractivity contribution in [3.05, 3.63) is 76.1 Å². The van der Waals surface area contributed by atoms with Gasteiger partial charge in [0.1, 0.15) is 5.82 Å². The van der Waals surface area contributed by atoms with Crippen LogP contribution in [0, 0.1) is 5.82 Å². The summed E-state index contributed by atoms with van der Waals surface area (Å²) in [6.07, 6.45) is -0.820. The smallest absolute Gasteiger partial charge is 0.341 e. The highest BCUT2D eigenvalue weighted by Gasteiger charge is 2.19.